The summed E-state index contributed by atoms with van der Waals surface area (Å²) in [6, 6.07) is 17.2. The topological polar surface area (TPSA) is 262 Å². The summed E-state index contributed by atoms with van der Waals surface area (Å²) >= 11 is 0. The van der Waals surface area contributed by atoms with Gasteiger partial charge in [0, 0.05) is 32.0 Å². The van der Waals surface area contributed by atoms with Gasteiger partial charge in [-0.25, -0.2) is 28.9 Å². The van der Waals surface area contributed by atoms with Gasteiger partial charge in [0.05, 0.1) is 6.54 Å². The molecule has 0 aliphatic heterocycles. The van der Waals surface area contributed by atoms with Gasteiger partial charge in [0.15, 0.2) is 0 Å². The van der Waals surface area contributed by atoms with Crippen LogP contribution in [0.2, 0.25) is 0 Å². The Morgan fingerprint density at radius 3 is 1.36 bits per heavy atom. The molecule has 18 heteroatoms. The maximum Gasteiger partial charge on any atom is 0.437 e. The lowest BCUT2D eigenvalue weighted by atomic mass is 10.1. The predicted octanol–water partition coefficient (Wildman–Crippen LogP) is 6.20. The van der Waals surface area contributed by atoms with E-state index in [2.05, 4.69) is 31.0 Å². The summed E-state index contributed by atoms with van der Waals surface area (Å²) in [4.78, 5) is 55.6. The van der Waals surface area contributed by atoms with E-state index in [1.54, 1.807) is 89.2 Å². The number of hydrogen-bond donors (Lipinski definition) is 6. The highest BCUT2D eigenvalue weighted by molar-refractivity contribution is 6.01. The van der Waals surface area contributed by atoms with Gasteiger partial charge in [-0.05, 0) is 111 Å². The molecular weight excluding hydrogens is 761 g/mol. The Bertz CT molecular complexity index is 1800. The second-order valence-corrected chi connectivity index (χ2v) is 16.7. The van der Waals surface area contributed by atoms with Crippen molar-refractivity contribution in [3.05, 3.63) is 89.2 Å². The van der Waals surface area contributed by atoms with Crippen molar-refractivity contribution in [3.8, 4) is 0 Å². The number of nitrogens with one attached hydrogen (secondary N) is 3. The fourth-order valence-electron chi connectivity index (χ4n) is 4.12. The molecule has 0 spiro atoms. The van der Waals surface area contributed by atoms with Crippen molar-refractivity contribution in [2.75, 3.05) is 0 Å². The molecule has 0 atom stereocenters. The summed E-state index contributed by atoms with van der Waals surface area (Å²) < 4.78 is 21.8. The van der Waals surface area contributed by atoms with Gasteiger partial charge in [0.25, 0.3) is 0 Å². The van der Waals surface area contributed by atoms with E-state index in [1.165, 1.54) is 17.1 Å². The van der Waals surface area contributed by atoms with Gasteiger partial charge in [-0.1, -0.05) is 48.5 Å². The van der Waals surface area contributed by atoms with E-state index in [0.717, 1.165) is 22.3 Å². The van der Waals surface area contributed by atoms with Crippen LogP contribution in [0.4, 0.5) is 19.2 Å². The van der Waals surface area contributed by atoms with Crippen molar-refractivity contribution >= 4 is 36.3 Å². The smallest absolute Gasteiger partial charge is 0.437 e. The SMILES string of the molecule is CC(C)(C)OC(=O)N=C(NC(=O)OC(C)(C)C)n1cccn1.CC(C)(C)OC(=O)NC(=NCc1cccc(CN)c1)NC(=O)OC(C)(C)C.NCc1cccc(CN)c1. The molecule has 0 saturated heterocycles. The number of alkyl carbamates (subject to hydrolysis) is 3. The number of guanidine groups is 1. The minimum Gasteiger partial charge on any atom is -0.444 e. The van der Waals surface area contributed by atoms with Crippen LogP contribution in [0.25, 0.3) is 0 Å². The van der Waals surface area contributed by atoms with Gasteiger partial charge in [-0.15, -0.1) is 4.99 Å². The van der Waals surface area contributed by atoms with E-state index in [0.29, 0.717) is 19.6 Å². The maximum absolute atomic E-state index is 12.0. The highest BCUT2D eigenvalue weighted by Crippen LogP contribution is 2.11. The van der Waals surface area contributed by atoms with E-state index >= 15 is 0 Å². The Hall–Kier alpha value is -5.85. The second-order valence-electron chi connectivity index (χ2n) is 16.7. The van der Waals surface area contributed by atoms with Crippen LogP contribution >= 0.6 is 0 Å². The standard InChI is InChI=1S/C19H30N4O4.C14H22N4O4.C8H12N2/c1-18(2,3)26-16(24)22-15(23-17(25)27-19(4,5)6)21-12-14-9-7-8-13(10-14)11-20;1-13(2,3)21-11(19)16-10(18-9-7-8-15-18)17-12(20)22-14(4,5)6;9-5-7-2-1-3-8(4-7)6-10/h7-10H,11-12,20H2,1-6H3,(H2,21,22,23,24,25);7-9H,1-6H3,(H,16,17,19,20);1-4H,5-6,9-10H2. The van der Waals surface area contributed by atoms with Crippen molar-refractivity contribution in [2.45, 2.75) is 132 Å². The molecule has 3 rings (SSSR count). The summed E-state index contributed by atoms with van der Waals surface area (Å²) in [5, 5.41) is 11.2. The largest absolute Gasteiger partial charge is 0.444 e. The lowest BCUT2D eigenvalue weighted by Crippen LogP contribution is -2.47. The highest BCUT2D eigenvalue weighted by Gasteiger charge is 2.23. The average Bonchev–Trinajstić information content (AvgIpc) is 3.63. The molecule has 326 valence electrons. The summed E-state index contributed by atoms with van der Waals surface area (Å²) in [7, 11) is 0. The molecule has 0 aliphatic carbocycles. The molecule has 0 fully saturated rings. The molecule has 59 heavy (non-hydrogen) atoms. The molecule has 2 aromatic carbocycles. The molecule has 3 aromatic rings. The van der Waals surface area contributed by atoms with Gasteiger partial charge in [0.2, 0.25) is 11.9 Å². The summed E-state index contributed by atoms with van der Waals surface area (Å²) in [6.07, 6.45) is -0.0255. The van der Waals surface area contributed by atoms with Gasteiger partial charge in [-0.3, -0.25) is 16.0 Å². The minimum absolute atomic E-state index is 0.0587. The van der Waals surface area contributed by atoms with Gasteiger partial charge in [-0.2, -0.15) is 5.10 Å². The second kappa shape index (κ2) is 23.5. The zero-order valence-electron chi connectivity index (χ0n) is 36.5. The zero-order chi connectivity index (χ0) is 45.0. The van der Waals surface area contributed by atoms with Crippen molar-refractivity contribution < 1.29 is 38.1 Å². The molecule has 0 unspecified atom stereocenters. The average molecular weight is 825 g/mol. The Morgan fingerprint density at radius 1 is 0.593 bits per heavy atom. The van der Waals surface area contributed by atoms with E-state index < -0.39 is 46.8 Å². The van der Waals surface area contributed by atoms with Gasteiger partial charge < -0.3 is 36.1 Å². The Balaban J connectivity index is 0.000000485. The van der Waals surface area contributed by atoms with Crippen LogP contribution in [0, 0.1) is 0 Å². The number of carbonyl (C=O) groups is 4. The lowest BCUT2D eigenvalue weighted by Gasteiger charge is -2.22. The van der Waals surface area contributed by atoms with E-state index in [1.807, 2.05) is 48.5 Å². The maximum atomic E-state index is 12.0. The Labute approximate surface area is 347 Å². The molecule has 0 bridgehead atoms. The number of aromatic nitrogens is 2. The molecule has 0 aliphatic rings. The fraction of sp³-hybridized carbons (Fsp3) is 0.488. The van der Waals surface area contributed by atoms with Crippen molar-refractivity contribution in [1.82, 2.24) is 25.7 Å². The van der Waals surface area contributed by atoms with Crippen molar-refractivity contribution in [3.63, 3.8) is 0 Å². The third kappa shape index (κ3) is 25.2. The van der Waals surface area contributed by atoms with Crippen molar-refractivity contribution in [2.24, 2.45) is 27.2 Å². The third-order valence-corrected chi connectivity index (χ3v) is 6.27. The molecule has 4 amide bonds. The number of benzene rings is 2. The van der Waals surface area contributed by atoms with Gasteiger partial charge in [0.1, 0.15) is 22.4 Å². The molecule has 1 heterocycles. The van der Waals surface area contributed by atoms with Crippen LogP contribution in [0.3, 0.4) is 0 Å². The highest BCUT2D eigenvalue weighted by atomic mass is 16.6. The van der Waals surface area contributed by atoms with Crippen molar-refractivity contribution in [1.29, 1.82) is 0 Å². The van der Waals surface area contributed by atoms with Crippen LogP contribution in [-0.4, -0.2) is 68.5 Å². The molecule has 0 saturated carbocycles. The number of rotatable bonds is 5. The zero-order valence-corrected chi connectivity index (χ0v) is 36.5. The van der Waals surface area contributed by atoms with E-state index in [9.17, 15) is 19.2 Å². The first kappa shape index (κ1) is 51.2. The van der Waals surface area contributed by atoms with Crippen LogP contribution in [0.1, 0.15) is 105 Å². The van der Waals surface area contributed by atoms with Crippen LogP contribution in [0.5, 0.6) is 0 Å². The fourth-order valence-corrected chi connectivity index (χ4v) is 4.12. The first-order chi connectivity index (χ1) is 27.2. The monoisotopic (exact) mass is 824 g/mol. The first-order valence-electron chi connectivity index (χ1n) is 18.8. The van der Waals surface area contributed by atoms with Crippen LogP contribution in [0.15, 0.2) is 77.0 Å². The number of amides is 4. The van der Waals surface area contributed by atoms with Gasteiger partial charge >= 0.3 is 24.4 Å². The number of aliphatic imine (C=N–C) groups is 2. The lowest BCUT2D eigenvalue weighted by molar-refractivity contribution is 0.0530. The van der Waals surface area contributed by atoms with E-state index in [4.69, 9.17) is 36.1 Å². The Morgan fingerprint density at radius 2 is 0.983 bits per heavy atom. The number of hydrogen-bond acceptors (Lipinski definition) is 13. The van der Waals surface area contributed by atoms with Crippen LogP contribution in [-0.2, 0) is 45.1 Å². The first-order valence-corrected chi connectivity index (χ1v) is 18.8. The summed E-state index contributed by atoms with van der Waals surface area (Å²) in [5.41, 5.74) is 17.9. The molecule has 9 N–H and O–H groups in total. The molecule has 1 aromatic heterocycles. The van der Waals surface area contributed by atoms with Crippen LogP contribution < -0.4 is 33.2 Å². The summed E-state index contributed by atoms with van der Waals surface area (Å²) in [5.74, 6) is -0.162. The molecular formula is C41H64N10O8. The normalized spacial score (nSPS) is 11.6. The number of nitrogens with two attached hydrogens (primary N) is 3. The number of carbonyl (C=O) groups excluding carboxylic acids is 4. The number of nitrogens with zero attached hydrogens (tertiary/aromatic N) is 4. The van der Waals surface area contributed by atoms with E-state index in [-0.39, 0.29) is 18.5 Å². The quantitative estimate of drug-likeness (QED) is 0.0954. The minimum atomic E-state index is -0.839. The third-order valence-electron chi connectivity index (χ3n) is 6.27. The number of ether oxygens (including phenoxy) is 4. The Kier molecular flexibility index (Phi) is 20.4. The molecule has 0 radical (unpaired) electrons. The molecule has 18 nitrogen and oxygen atoms in total. The predicted molar refractivity (Wildman–Crippen MR) is 227 cm³/mol. The summed E-state index contributed by atoms with van der Waals surface area (Å²) in [6.45, 7) is 22.6.